The Morgan fingerprint density at radius 1 is 1.27 bits per heavy atom. The fraction of sp³-hybridized carbons (Fsp3) is 0.846. The normalized spacial score (nSPS) is 16.1. The summed E-state index contributed by atoms with van der Waals surface area (Å²) in [5.74, 6) is 0. The van der Waals surface area contributed by atoms with Gasteiger partial charge in [0.2, 0.25) is 0 Å². The van der Waals surface area contributed by atoms with E-state index in [1.807, 2.05) is 0 Å². The molecular formula is C13H27NO. The largest absolute Gasteiger partial charge is 0.379 e. The van der Waals surface area contributed by atoms with Gasteiger partial charge >= 0.3 is 0 Å². The molecule has 0 aliphatic heterocycles. The standard InChI is InChI=1S/C13H27NO/c1-7-13(5,11-14-8-2)10-9-12(3,4)15-6/h7,14H,1,8-11H2,2-6H3. The van der Waals surface area contributed by atoms with Gasteiger partial charge in [-0.1, -0.05) is 19.9 Å². The van der Waals surface area contributed by atoms with Crippen LogP contribution in [0.1, 0.15) is 40.5 Å². The van der Waals surface area contributed by atoms with Gasteiger partial charge < -0.3 is 10.1 Å². The zero-order valence-electron chi connectivity index (χ0n) is 11.0. The topological polar surface area (TPSA) is 21.3 Å². The molecule has 1 unspecified atom stereocenters. The van der Waals surface area contributed by atoms with Crippen molar-refractivity contribution in [2.75, 3.05) is 20.2 Å². The Hall–Kier alpha value is -0.340. The fourth-order valence-corrected chi connectivity index (χ4v) is 1.36. The SMILES string of the molecule is C=CC(C)(CCC(C)(C)OC)CNCC. The Morgan fingerprint density at radius 3 is 2.27 bits per heavy atom. The molecule has 90 valence electrons. The van der Waals surface area contributed by atoms with Crippen molar-refractivity contribution in [3.8, 4) is 0 Å². The predicted molar refractivity (Wildman–Crippen MR) is 67.2 cm³/mol. The highest BCUT2D eigenvalue weighted by Gasteiger charge is 2.24. The highest BCUT2D eigenvalue weighted by atomic mass is 16.5. The van der Waals surface area contributed by atoms with Gasteiger partial charge in [0.1, 0.15) is 0 Å². The first-order chi connectivity index (χ1) is 6.89. The molecule has 0 aromatic rings. The van der Waals surface area contributed by atoms with E-state index in [2.05, 4.69) is 45.7 Å². The van der Waals surface area contributed by atoms with Crippen LogP contribution in [0.25, 0.3) is 0 Å². The molecule has 1 atom stereocenters. The van der Waals surface area contributed by atoms with Gasteiger partial charge in [0.05, 0.1) is 5.60 Å². The van der Waals surface area contributed by atoms with Crippen molar-refractivity contribution in [2.24, 2.45) is 5.41 Å². The lowest BCUT2D eigenvalue weighted by atomic mass is 9.82. The minimum atomic E-state index is -0.0313. The van der Waals surface area contributed by atoms with E-state index in [-0.39, 0.29) is 11.0 Å². The summed E-state index contributed by atoms with van der Waals surface area (Å²) in [6.45, 7) is 14.6. The van der Waals surface area contributed by atoms with Crippen molar-refractivity contribution in [1.29, 1.82) is 0 Å². The molecule has 0 saturated carbocycles. The van der Waals surface area contributed by atoms with Crippen LogP contribution in [0.5, 0.6) is 0 Å². The smallest absolute Gasteiger partial charge is 0.0623 e. The summed E-state index contributed by atoms with van der Waals surface area (Å²) in [6, 6.07) is 0. The van der Waals surface area contributed by atoms with Crippen molar-refractivity contribution < 1.29 is 4.74 Å². The number of hydrogen-bond acceptors (Lipinski definition) is 2. The van der Waals surface area contributed by atoms with Crippen LogP contribution < -0.4 is 5.32 Å². The number of rotatable bonds is 8. The third-order valence-electron chi connectivity index (χ3n) is 3.12. The number of hydrogen-bond donors (Lipinski definition) is 1. The monoisotopic (exact) mass is 213 g/mol. The molecule has 0 aliphatic rings. The summed E-state index contributed by atoms with van der Waals surface area (Å²) in [5, 5.41) is 3.38. The highest BCUT2D eigenvalue weighted by molar-refractivity contribution is 4.94. The molecule has 1 N–H and O–H groups in total. The first kappa shape index (κ1) is 14.7. The lowest BCUT2D eigenvalue weighted by Gasteiger charge is -2.31. The summed E-state index contributed by atoms with van der Waals surface area (Å²) in [7, 11) is 1.77. The van der Waals surface area contributed by atoms with Gasteiger partial charge in [0.25, 0.3) is 0 Å². The van der Waals surface area contributed by atoms with Crippen molar-refractivity contribution in [1.82, 2.24) is 5.32 Å². The molecule has 0 saturated heterocycles. The molecule has 2 nitrogen and oxygen atoms in total. The number of methoxy groups -OCH3 is 1. The molecule has 0 aliphatic carbocycles. The zero-order valence-corrected chi connectivity index (χ0v) is 11.0. The maximum atomic E-state index is 5.43. The summed E-state index contributed by atoms with van der Waals surface area (Å²) in [6.07, 6.45) is 4.21. The van der Waals surface area contributed by atoms with Crippen LogP contribution in [0, 0.1) is 5.41 Å². The Morgan fingerprint density at radius 2 is 1.87 bits per heavy atom. The van der Waals surface area contributed by atoms with Gasteiger partial charge in [-0.05, 0) is 38.6 Å². The first-order valence-corrected chi connectivity index (χ1v) is 5.78. The average molecular weight is 213 g/mol. The summed E-state index contributed by atoms with van der Waals surface area (Å²) in [5.41, 5.74) is 0.141. The van der Waals surface area contributed by atoms with Crippen LogP contribution in [-0.2, 0) is 4.74 Å². The zero-order chi connectivity index (χ0) is 11.9. The maximum absolute atomic E-state index is 5.43. The van der Waals surface area contributed by atoms with Gasteiger partial charge in [-0.3, -0.25) is 0 Å². The lowest BCUT2D eigenvalue weighted by molar-refractivity contribution is 0.00767. The van der Waals surface area contributed by atoms with Crippen LogP contribution in [-0.4, -0.2) is 25.8 Å². The molecule has 0 radical (unpaired) electrons. The van der Waals surface area contributed by atoms with Gasteiger partial charge in [0.15, 0.2) is 0 Å². The summed E-state index contributed by atoms with van der Waals surface area (Å²) in [4.78, 5) is 0. The molecule has 0 fully saturated rings. The average Bonchev–Trinajstić information content (AvgIpc) is 2.24. The minimum absolute atomic E-state index is 0.0313. The van der Waals surface area contributed by atoms with E-state index in [1.54, 1.807) is 7.11 Å². The molecule has 0 heterocycles. The quantitative estimate of drug-likeness (QED) is 0.626. The van der Waals surface area contributed by atoms with Crippen molar-refractivity contribution in [3.05, 3.63) is 12.7 Å². The molecule has 0 bridgehead atoms. The third kappa shape index (κ3) is 5.95. The molecule has 0 aromatic carbocycles. The Labute approximate surface area is 95.1 Å². The molecule has 0 amide bonds. The van der Waals surface area contributed by atoms with E-state index in [0.29, 0.717) is 0 Å². The molecule has 0 spiro atoms. The lowest BCUT2D eigenvalue weighted by Crippen LogP contribution is -2.33. The maximum Gasteiger partial charge on any atom is 0.0623 e. The Balaban J connectivity index is 4.14. The molecule has 15 heavy (non-hydrogen) atoms. The van der Waals surface area contributed by atoms with Crippen LogP contribution in [0.15, 0.2) is 12.7 Å². The van der Waals surface area contributed by atoms with E-state index in [1.165, 1.54) is 0 Å². The van der Waals surface area contributed by atoms with Crippen molar-refractivity contribution in [3.63, 3.8) is 0 Å². The highest BCUT2D eigenvalue weighted by Crippen LogP contribution is 2.28. The summed E-state index contributed by atoms with van der Waals surface area (Å²) < 4.78 is 5.43. The van der Waals surface area contributed by atoms with E-state index in [9.17, 15) is 0 Å². The van der Waals surface area contributed by atoms with Gasteiger partial charge in [-0.25, -0.2) is 0 Å². The molecule has 0 aromatic heterocycles. The van der Waals surface area contributed by atoms with Crippen molar-refractivity contribution >= 4 is 0 Å². The second kappa shape index (κ2) is 6.29. The predicted octanol–water partition coefficient (Wildman–Crippen LogP) is 2.99. The van der Waals surface area contributed by atoms with Gasteiger partial charge in [0, 0.05) is 13.7 Å². The summed E-state index contributed by atoms with van der Waals surface area (Å²) >= 11 is 0. The van der Waals surface area contributed by atoms with Crippen molar-refractivity contribution in [2.45, 2.75) is 46.1 Å². The fourth-order valence-electron chi connectivity index (χ4n) is 1.36. The van der Waals surface area contributed by atoms with E-state index in [4.69, 9.17) is 4.74 Å². The van der Waals surface area contributed by atoms with Crippen LogP contribution >= 0.6 is 0 Å². The van der Waals surface area contributed by atoms with Crippen LogP contribution in [0.2, 0.25) is 0 Å². The molecule has 2 heteroatoms. The molecular weight excluding hydrogens is 186 g/mol. The first-order valence-electron chi connectivity index (χ1n) is 5.78. The van der Waals surface area contributed by atoms with Crippen LogP contribution in [0.4, 0.5) is 0 Å². The number of nitrogens with one attached hydrogen (secondary N) is 1. The van der Waals surface area contributed by atoms with E-state index >= 15 is 0 Å². The van der Waals surface area contributed by atoms with E-state index in [0.717, 1.165) is 25.9 Å². The number of ether oxygens (including phenoxy) is 1. The Kier molecular flexibility index (Phi) is 6.15. The van der Waals surface area contributed by atoms with E-state index < -0.39 is 0 Å². The second-order valence-corrected chi connectivity index (χ2v) is 5.10. The second-order valence-electron chi connectivity index (χ2n) is 5.10. The Bertz CT molecular complexity index is 189. The third-order valence-corrected chi connectivity index (χ3v) is 3.12. The van der Waals surface area contributed by atoms with Gasteiger partial charge in [-0.15, -0.1) is 6.58 Å². The van der Waals surface area contributed by atoms with Crippen LogP contribution in [0.3, 0.4) is 0 Å². The molecule has 0 rings (SSSR count). The minimum Gasteiger partial charge on any atom is -0.379 e. The van der Waals surface area contributed by atoms with Gasteiger partial charge in [-0.2, -0.15) is 0 Å².